The van der Waals surface area contributed by atoms with Crippen LogP contribution < -0.4 is 9.47 Å². The Morgan fingerprint density at radius 3 is 2.62 bits per heavy atom. The van der Waals surface area contributed by atoms with Crippen molar-refractivity contribution < 1.29 is 14.3 Å². The second-order valence-corrected chi connectivity index (χ2v) is 4.96. The zero-order chi connectivity index (χ0) is 15.2. The molecule has 0 saturated heterocycles. The Hall–Kier alpha value is -2.00. The van der Waals surface area contributed by atoms with Crippen molar-refractivity contribution in [2.75, 3.05) is 13.7 Å². The van der Waals surface area contributed by atoms with E-state index < -0.39 is 0 Å². The van der Waals surface area contributed by atoms with Crippen LogP contribution in [0.5, 0.6) is 11.5 Å². The van der Waals surface area contributed by atoms with E-state index in [1.165, 1.54) is 7.11 Å². The normalized spacial score (nSPS) is 10.2. The second kappa shape index (κ2) is 7.14. The van der Waals surface area contributed by atoms with E-state index in [0.717, 1.165) is 6.42 Å². The maximum absolute atomic E-state index is 12.5. The molecule has 0 spiro atoms. The number of benzene rings is 2. The number of ether oxygens (including phenoxy) is 2. The minimum Gasteiger partial charge on any atom is -0.495 e. The summed E-state index contributed by atoms with van der Waals surface area (Å²) in [5.41, 5.74) is 1.11. The number of rotatable bonds is 6. The standard InChI is InChI=1S/C17H17ClO3/c1-3-9-21-14-6-4-5-12(10-14)17(19)13-7-8-15(18)16(11-13)20-2/h4-8,10-11H,3,9H2,1-2H3. The molecule has 3 nitrogen and oxygen atoms in total. The highest BCUT2D eigenvalue weighted by Crippen LogP contribution is 2.26. The first-order valence-corrected chi connectivity index (χ1v) is 7.14. The van der Waals surface area contributed by atoms with Crippen molar-refractivity contribution in [3.05, 3.63) is 58.6 Å². The van der Waals surface area contributed by atoms with Gasteiger partial charge in [-0.25, -0.2) is 0 Å². The van der Waals surface area contributed by atoms with Crippen molar-refractivity contribution in [1.29, 1.82) is 0 Å². The molecular formula is C17H17ClO3. The fraction of sp³-hybridized carbons (Fsp3) is 0.235. The Bertz CT molecular complexity index is 638. The van der Waals surface area contributed by atoms with E-state index >= 15 is 0 Å². The summed E-state index contributed by atoms with van der Waals surface area (Å²) >= 11 is 5.97. The number of carbonyl (C=O) groups excluding carboxylic acids is 1. The topological polar surface area (TPSA) is 35.5 Å². The summed E-state index contributed by atoms with van der Waals surface area (Å²) in [6, 6.07) is 12.2. The van der Waals surface area contributed by atoms with Gasteiger partial charge in [-0.05, 0) is 36.8 Å². The zero-order valence-electron chi connectivity index (χ0n) is 12.1. The van der Waals surface area contributed by atoms with Crippen LogP contribution in [-0.4, -0.2) is 19.5 Å². The average molecular weight is 305 g/mol. The van der Waals surface area contributed by atoms with E-state index in [1.807, 2.05) is 19.1 Å². The molecule has 2 aromatic carbocycles. The first-order valence-electron chi connectivity index (χ1n) is 6.76. The molecule has 0 aromatic heterocycles. The summed E-state index contributed by atoms with van der Waals surface area (Å²) < 4.78 is 10.7. The van der Waals surface area contributed by atoms with Gasteiger partial charge in [0.1, 0.15) is 11.5 Å². The summed E-state index contributed by atoms with van der Waals surface area (Å²) in [6.45, 7) is 2.67. The van der Waals surface area contributed by atoms with Crippen molar-refractivity contribution in [3.63, 3.8) is 0 Å². The van der Waals surface area contributed by atoms with E-state index in [1.54, 1.807) is 30.3 Å². The molecular weight excluding hydrogens is 288 g/mol. The summed E-state index contributed by atoms with van der Waals surface area (Å²) in [5, 5.41) is 0.481. The van der Waals surface area contributed by atoms with Gasteiger partial charge in [-0.2, -0.15) is 0 Å². The molecule has 0 aliphatic heterocycles. The molecule has 0 fully saturated rings. The number of hydrogen-bond acceptors (Lipinski definition) is 3. The molecule has 0 aliphatic rings. The van der Waals surface area contributed by atoms with Crippen molar-refractivity contribution in [3.8, 4) is 11.5 Å². The molecule has 2 rings (SSSR count). The van der Waals surface area contributed by atoms with Gasteiger partial charge in [-0.3, -0.25) is 4.79 Å². The van der Waals surface area contributed by atoms with Crippen molar-refractivity contribution >= 4 is 17.4 Å². The quantitative estimate of drug-likeness (QED) is 0.743. The first kappa shape index (κ1) is 15.4. The van der Waals surface area contributed by atoms with Crippen LogP contribution in [0, 0.1) is 0 Å². The van der Waals surface area contributed by atoms with Crippen LogP contribution in [0.2, 0.25) is 5.02 Å². The highest BCUT2D eigenvalue weighted by molar-refractivity contribution is 6.32. The third-order valence-corrected chi connectivity index (χ3v) is 3.29. The van der Waals surface area contributed by atoms with Gasteiger partial charge in [0.25, 0.3) is 0 Å². The Labute approximate surface area is 129 Å². The highest BCUT2D eigenvalue weighted by atomic mass is 35.5. The SMILES string of the molecule is CCCOc1cccc(C(=O)c2ccc(Cl)c(OC)c2)c1. The molecule has 0 unspecified atom stereocenters. The molecule has 21 heavy (non-hydrogen) atoms. The molecule has 110 valence electrons. The van der Waals surface area contributed by atoms with Gasteiger partial charge in [-0.1, -0.05) is 30.7 Å². The molecule has 0 radical (unpaired) electrons. The third-order valence-electron chi connectivity index (χ3n) is 2.98. The largest absolute Gasteiger partial charge is 0.495 e. The average Bonchev–Trinajstić information content (AvgIpc) is 2.53. The lowest BCUT2D eigenvalue weighted by molar-refractivity contribution is 0.103. The molecule has 0 bridgehead atoms. The number of halogens is 1. The highest BCUT2D eigenvalue weighted by Gasteiger charge is 2.12. The lowest BCUT2D eigenvalue weighted by Crippen LogP contribution is -2.03. The van der Waals surface area contributed by atoms with Crippen molar-refractivity contribution in [2.24, 2.45) is 0 Å². The van der Waals surface area contributed by atoms with Crippen molar-refractivity contribution in [2.45, 2.75) is 13.3 Å². The van der Waals surface area contributed by atoms with Gasteiger partial charge >= 0.3 is 0 Å². The van der Waals surface area contributed by atoms with E-state index in [4.69, 9.17) is 21.1 Å². The number of hydrogen-bond donors (Lipinski definition) is 0. The van der Waals surface area contributed by atoms with Crippen LogP contribution in [0.4, 0.5) is 0 Å². The maximum atomic E-state index is 12.5. The fourth-order valence-electron chi connectivity index (χ4n) is 1.91. The minimum absolute atomic E-state index is 0.0908. The molecule has 0 heterocycles. The van der Waals surface area contributed by atoms with E-state index in [-0.39, 0.29) is 5.78 Å². The molecule has 0 saturated carbocycles. The van der Waals surface area contributed by atoms with Gasteiger partial charge in [0.05, 0.1) is 18.7 Å². The third kappa shape index (κ3) is 3.76. The van der Waals surface area contributed by atoms with E-state index in [0.29, 0.717) is 34.3 Å². The van der Waals surface area contributed by atoms with Crippen LogP contribution in [-0.2, 0) is 0 Å². The predicted octanol–water partition coefficient (Wildman–Crippen LogP) is 4.37. The van der Waals surface area contributed by atoms with Gasteiger partial charge < -0.3 is 9.47 Å². The maximum Gasteiger partial charge on any atom is 0.193 e. The molecule has 2 aromatic rings. The minimum atomic E-state index is -0.0908. The zero-order valence-corrected chi connectivity index (χ0v) is 12.8. The van der Waals surface area contributed by atoms with Gasteiger partial charge in [0, 0.05) is 11.1 Å². The Balaban J connectivity index is 2.27. The second-order valence-electron chi connectivity index (χ2n) is 4.55. The molecule has 0 aliphatic carbocycles. The monoisotopic (exact) mass is 304 g/mol. The number of ketones is 1. The predicted molar refractivity (Wildman–Crippen MR) is 83.7 cm³/mol. The fourth-order valence-corrected chi connectivity index (χ4v) is 2.11. The first-order chi connectivity index (χ1) is 10.2. The van der Waals surface area contributed by atoms with Crippen LogP contribution in [0.15, 0.2) is 42.5 Å². The van der Waals surface area contributed by atoms with Crippen LogP contribution in [0.3, 0.4) is 0 Å². The van der Waals surface area contributed by atoms with Gasteiger partial charge in [0.2, 0.25) is 0 Å². The molecule has 0 atom stereocenters. The molecule has 0 N–H and O–H groups in total. The summed E-state index contributed by atoms with van der Waals surface area (Å²) in [6.07, 6.45) is 0.923. The molecule has 4 heteroatoms. The summed E-state index contributed by atoms with van der Waals surface area (Å²) in [7, 11) is 1.52. The van der Waals surface area contributed by atoms with Gasteiger partial charge in [-0.15, -0.1) is 0 Å². The Morgan fingerprint density at radius 2 is 1.90 bits per heavy atom. The van der Waals surface area contributed by atoms with Crippen LogP contribution in [0.25, 0.3) is 0 Å². The number of methoxy groups -OCH3 is 1. The van der Waals surface area contributed by atoms with Crippen LogP contribution in [0.1, 0.15) is 29.3 Å². The molecule has 0 amide bonds. The van der Waals surface area contributed by atoms with E-state index in [9.17, 15) is 4.79 Å². The Kier molecular flexibility index (Phi) is 5.23. The smallest absolute Gasteiger partial charge is 0.193 e. The van der Waals surface area contributed by atoms with E-state index in [2.05, 4.69) is 0 Å². The summed E-state index contributed by atoms with van der Waals surface area (Å²) in [5.74, 6) is 1.09. The lowest BCUT2D eigenvalue weighted by Gasteiger charge is -2.08. The van der Waals surface area contributed by atoms with Crippen LogP contribution >= 0.6 is 11.6 Å². The summed E-state index contributed by atoms with van der Waals surface area (Å²) in [4.78, 5) is 12.5. The number of carbonyl (C=O) groups is 1. The van der Waals surface area contributed by atoms with Gasteiger partial charge in [0.15, 0.2) is 5.78 Å². The lowest BCUT2D eigenvalue weighted by atomic mass is 10.0. The Morgan fingerprint density at radius 1 is 1.14 bits per heavy atom. The van der Waals surface area contributed by atoms with Crippen molar-refractivity contribution in [1.82, 2.24) is 0 Å².